The van der Waals surface area contributed by atoms with E-state index in [1.807, 2.05) is 20.8 Å². The first-order chi connectivity index (χ1) is 5.97. The fourth-order valence-corrected chi connectivity index (χ4v) is 1.50. The normalized spacial score (nSPS) is 19.0. The Morgan fingerprint density at radius 1 is 1.31 bits per heavy atom. The molecule has 1 fully saturated rings. The van der Waals surface area contributed by atoms with Crippen LogP contribution in [0.15, 0.2) is 0 Å². The van der Waals surface area contributed by atoms with Crippen molar-refractivity contribution >= 4 is 5.97 Å². The molecule has 0 radical (unpaired) electrons. The summed E-state index contributed by atoms with van der Waals surface area (Å²) in [7, 11) is 0. The van der Waals surface area contributed by atoms with Crippen LogP contribution < -0.4 is 0 Å². The van der Waals surface area contributed by atoms with Gasteiger partial charge in [-0.3, -0.25) is 9.69 Å². The lowest BCUT2D eigenvalue weighted by atomic mass is 10.2. The van der Waals surface area contributed by atoms with Crippen LogP contribution in [0.5, 0.6) is 0 Å². The number of likely N-dealkylation sites (tertiary alicyclic amines) is 1. The summed E-state index contributed by atoms with van der Waals surface area (Å²) in [6.07, 6.45) is 2.42. The maximum atomic E-state index is 11.4. The average Bonchev–Trinajstić information content (AvgIpc) is 2.34. The minimum absolute atomic E-state index is 0.102. The van der Waals surface area contributed by atoms with E-state index in [0.29, 0.717) is 6.54 Å². The maximum absolute atomic E-state index is 11.4. The Balaban J connectivity index is 2.24. The standard InChI is InChI=1S/C10H19NO2/c1-10(2,3)13-9(12)8-11-6-4-5-7-11/h4-8H2,1-3H3. The molecule has 0 aromatic carbocycles. The van der Waals surface area contributed by atoms with Gasteiger partial charge in [0.15, 0.2) is 0 Å². The molecule has 0 spiro atoms. The zero-order chi connectivity index (χ0) is 9.90. The van der Waals surface area contributed by atoms with Crippen molar-refractivity contribution < 1.29 is 9.53 Å². The lowest BCUT2D eigenvalue weighted by Gasteiger charge is -2.21. The fraction of sp³-hybridized carbons (Fsp3) is 0.900. The van der Waals surface area contributed by atoms with Crippen molar-refractivity contribution in [2.24, 2.45) is 0 Å². The van der Waals surface area contributed by atoms with E-state index in [-0.39, 0.29) is 11.6 Å². The highest BCUT2D eigenvalue weighted by Crippen LogP contribution is 2.10. The second-order valence-corrected chi connectivity index (χ2v) is 4.57. The third-order valence-corrected chi connectivity index (χ3v) is 1.97. The summed E-state index contributed by atoms with van der Waals surface area (Å²) in [6, 6.07) is 0. The first-order valence-corrected chi connectivity index (χ1v) is 4.91. The second-order valence-electron chi connectivity index (χ2n) is 4.57. The number of ether oxygens (including phenoxy) is 1. The van der Waals surface area contributed by atoms with Gasteiger partial charge in [-0.15, -0.1) is 0 Å². The molecule has 1 heterocycles. The van der Waals surface area contributed by atoms with Gasteiger partial charge in [0.05, 0.1) is 6.54 Å². The minimum Gasteiger partial charge on any atom is -0.459 e. The van der Waals surface area contributed by atoms with Crippen molar-refractivity contribution in [3.63, 3.8) is 0 Å². The zero-order valence-corrected chi connectivity index (χ0v) is 8.80. The maximum Gasteiger partial charge on any atom is 0.320 e. The predicted octanol–water partition coefficient (Wildman–Crippen LogP) is 1.42. The first-order valence-electron chi connectivity index (χ1n) is 4.91. The zero-order valence-electron chi connectivity index (χ0n) is 8.80. The summed E-state index contributed by atoms with van der Waals surface area (Å²) >= 11 is 0. The molecule has 0 N–H and O–H groups in total. The Labute approximate surface area is 80.1 Å². The van der Waals surface area contributed by atoms with Gasteiger partial charge in [-0.2, -0.15) is 0 Å². The first kappa shape index (κ1) is 10.5. The van der Waals surface area contributed by atoms with Crippen LogP contribution in [0.2, 0.25) is 0 Å². The minimum atomic E-state index is -0.350. The van der Waals surface area contributed by atoms with E-state index in [1.165, 1.54) is 12.8 Å². The van der Waals surface area contributed by atoms with Crippen LogP contribution in [0.1, 0.15) is 33.6 Å². The summed E-state index contributed by atoms with van der Waals surface area (Å²) in [5.41, 5.74) is -0.350. The van der Waals surface area contributed by atoms with E-state index in [4.69, 9.17) is 4.74 Å². The van der Waals surface area contributed by atoms with Crippen LogP contribution >= 0.6 is 0 Å². The number of nitrogens with zero attached hydrogens (tertiary/aromatic N) is 1. The second kappa shape index (κ2) is 4.09. The van der Waals surface area contributed by atoms with Crippen molar-refractivity contribution in [1.29, 1.82) is 0 Å². The summed E-state index contributed by atoms with van der Waals surface area (Å²) in [6.45, 7) is 8.23. The Hall–Kier alpha value is -0.570. The monoisotopic (exact) mass is 185 g/mol. The quantitative estimate of drug-likeness (QED) is 0.609. The van der Waals surface area contributed by atoms with E-state index < -0.39 is 0 Å². The van der Waals surface area contributed by atoms with Gasteiger partial charge >= 0.3 is 5.97 Å². The van der Waals surface area contributed by atoms with E-state index >= 15 is 0 Å². The Morgan fingerprint density at radius 2 is 1.85 bits per heavy atom. The number of hydrogen-bond donors (Lipinski definition) is 0. The van der Waals surface area contributed by atoms with Crippen LogP contribution in [0, 0.1) is 0 Å². The SMILES string of the molecule is CC(C)(C)OC(=O)CN1CCCC1. The van der Waals surface area contributed by atoms with Gasteiger partial charge in [0.2, 0.25) is 0 Å². The molecular weight excluding hydrogens is 166 g/mol. The molecule has 1 aliphatic heterocycles. The smallest absolute Gasteiger partial charge is 0.320 e. The van der Waals surface area contributed by atoms with Crippen molar-refractivity contribution in [3.05, 3.63) is 0 Å². The fourth-order valence-electron chi connectivity index (χ4n) is 1.50. The van der Waals surface area contributed by atoms with Crippen LogP contribution in [0.25, 0.3) is 0 Å². The summed E-state index contributed by atoms with van der Waals surface area (Å²) in [4.78, 5) is 13.5. The highest BCUT2D eigenvalue weighted by atomic mass is 16.6. The molecule has 0 aromatic heterocycles. The number of rotatable bonds is 2. The molecule has 13 heavy (non-hydrogen) atoms. The molecule has 0 aliphatic carbocycles. The largest absolute Gasteiger partial charge is 0.459 e. The van der Waals surface area contributed by atoms with Gasteiger partial charge in [-0.25, -0.2) is 0 Å². The molecule has 0 atom stereocenters. The average molecular weight is 185 g/mol. The third-order valence-electron chi connectivity index (χ3n) is 1.97. The van der Waals surface area contributed by atoms with Gasteiger partial charge < -0.3 is 4.74 Å². The molecule has 0 unspecified atom stereocenters. The number of hydrogen-bond acceptors (Lipinski definition) is 3. The van der Waals surface area contributed by atoms with Crippen molar-refractivity contribution in [2.45, 2.75) is 39.2 Å². The molecule has 0 amide bonds. The Morgan fingerprint density at radius 3 is 2.31 bits per heavy atom. The third kappa shape index (κ3) is 4.27. The molecule has 3 nitrogen and oxygen atoms in total. The van der Waals surface area contributed by atoms with Crippen LogP contribution in [0.3, 0.4) is 0 Å². The van der Waals surface area contributed by atoms with E-state index in [9.17, 15) is 4.79 Å². The summed E-state index contributed by atoms with van der Waals surface area (Å²) in [5, 5.41) is 0. The van der Waals surface area contributed by atoms with E-state index in [0.717, 1.165) is 13.1 Å². The summed E-state index contributed by atoms with van der Waals surface area (Å²) < 4.78 is 5.22. The summed E-state index contributed by atoms with van der Waals surface area (Å²) in [5.74, 6) is -0.102. The highest BCUT2D eigenvalue weighted by molar-refractivity contribution is 5.72. The molecule has 3 heteroatoms. The van der Waals surface area contributed by atoms with Crippen molar-refractivity contribution in [1.82, 2.24) is 4.90 Å². The molecule has 1 rings (SSSR count). The van der Waals surface area contributed by atoms with Crippen molar-refractivity contribution in [2.75, 3.05) is 19.6 Å². The molecule has 0 saturated carbocycles. The van der Waals surface area contributed by atoms with Gasteiger partial charge in [-0.05, 0) is 46.7 Å². The lowest BCUT2D eigenvalue weighted by molar-refractivity contribution is -0.155. The number of esters is 1. The molecular formula is C10H19NO2. The molecule has 0 bridgehead atoms. The van der Waals surface area contributed by atoms with Gasteiger partial charge in [-0.1, -0.05) is 0 Å². The van der Waals surface area contributed by atoms with Crippen LogP contribution in [-0.4, -0.2) is 36.1 Å². The molecule has 1 saturated heterocycles. The molecule has 1 aliphatic rings. The van der Waals surface area contributed by atoms with Gasteiger partial charge in [0, 0.05) is 0 Å². The highest BCUT2D eigenvalue weighted by Gasteiger charge is 2.20. The Kier molecular flexibility index (Phi) is 3.31. The van der Waals surface area contributed by atoms with Crippen LogP contribution in [-0.2, 0) is 9.53 Å². The van der Waals surface area contributed by atoms with Crippen LogP contribution in [0.4, 0.5) is 0 Å². The van der Waals surface area contributed by atoms with Crippen molar-refractivity contribution in [3.8, 4) is 0 Å². The van der Waals surface area contributed by atoms with E-state index in [2.05, 4.69) is 4.90 Å². The Bertz CT molecular complexity index is 178. The van der Waals surface area contributed by atoms with Gasteiger partial charge in [0.25, 0.3) is 0 Å². The molecule has 76 valence electrons. The lowest BCUT2D eigenvalue weighted by Crippen LogP contribution is -2.33. The van der Waals surface area contributed by atoms with E-state index in [1.54, 1.807) is 0 Å². The topological polar surface area (TPSA) is 29.5 Å². The molecule has 0 aromatic rings. The van der Waals surface area contributed by atoms with Gasteiger partial charge in [0.1, 0.15) is 5.60 Å². The predicted molar refractivity (Wildman–Crippen MR) is 51.5 cm³/mol. The number of carbonyl (C=O) groups excluding carboxylic acids is 1. The number of carbonyl (C=O) groups is 1.